The molecular weight excluding hydrogens is 346 g/mol. The molecule has 1 aromatic heterocycles. The molecular formula is C16H15N3O7. The van der Waals surface area contributed by atoms with Gasteiger partial charge in [-0.05, 0) is 6.07 Å². The second-order valence-corrected chi connectivity index (χ2v) is 4.80. The summed E-state index contributed by atoms with van der Waals surface area (Å²) in [6, 6.07) is 2.47. The van der Waals surface area contributed by atoms with Gasteiger partial charge in [0.25, 0.3) is 0 Å². The molecule has 1 N–H and O–H groups in total. The largest absolute Gasteiger partial charge is 0.507 e. The monoisotopic (exact) mass is 361 g/mol. The average molecular weight is 361 g/mol. The van der Waals surface area contributed by atoms with Crippen LogP contribution in [-0.2, 0) is 4.74 Å². The van der Waals surface area contributed by atoms with Crippen LogP contribution in [0.1, 0.15) is 21.7 Å². The van der Waals surface area contributed by atoms with E-state index in [1.165, 1.54) is 39.8 Å². The minimum Gasteiger partial charge on any atom is -0.507 e. The summed E-state index contributed by atoms with van der Waals surface area (Å²) in [6.45, 7) is 0. The Hall–Kier alpha value is -3.69. The number of aromatic nitrogens is 2. The predicted molar refractivity (Wildman–Crippen MR) is 90.1 cm³/mol. The molecule has 2 aromatic rings. The highest BCUT2D eigenvalue weighted by Crippen LogP contribution is 2.39. The molecule has 1 aromatic carbocycles. The molecule has 0 bridgehead atoms. The van der Waals surface area contributed by atoms with Crippen LogP contribution in [0.3, 0.4) is 0 Å². The van der Waals surface area contributed by atoms with Gasteiger partial charge in [-0.15, -0.1) is 0 Å². The Bertz CT molecular complexity index is 880. The van der Waals surface area contributed by atoms with Crippen molar-refractivity contribution < 1.29 is 29.0 Å². The van der Waals surface area contributed by atoms with Crippen LogP contribution >= 0.6 is 0 Å². The summed E-state index contributed by atoms with van der Waals surface area (Å²) in [5.41, 5.74) is -0.407. The van der Waals surface area contributed by atoms with E-state index in [9.17, 15) is 20.0 Å². The number of methoxy groups -OCH3 is 3. The van der Waals surface area contributed by atoms with Crippen LogP contribution in [0.2, 0.25) is 0 Å². The maximum Gasteiger partial charge on any atom is 0.358 e. The van der Waals surface area contributed by atoms with Gasteiger partial charge in [0.2, 0.25) is 5.75 Å². The van der Waals surface area contributed by atoms with Gasteiger partial charge in [-0.2, -0.15) is 0 Å². The highest BCUT2D eigenvalue weighted by atomic mass is 16.6. The van der Waals surface area contributed by atoms with Crippen molar-refractivity contribution in [2.75, 3.05) is 21.3 Å². The second-order valence-electron chi connectivity index (χ2n) is 4.80. The third-order valence-corrected chi connectivity index (χ3v) is 3.33. The molecule has 0 aliphatic rings. The van der Waals surface area contributed by atoms with Crippen molar-refractivity contribution in [2.24, 2.45) is 0 Å². The SMILES string of the molecule is COC(=O)c1nccnc1C=C(O)c1cc(OC)c(OC)c([N+](=O)[O-])c1. The lowest BCUT2D eigenvalue weighted by atomic mass is 10.1. The summed E-state index contributed by atoms with van der Waals surface area (Å²) in [7, 11) is 3.76. The Labute approximate surface area is 147 Å². The Morgan fingerprint density at radius 2 is 1.88 bits per heavy atom. The first-order valence-corrected chi connectivity index (χ1v) is 7.13. The summed E-state index contributed by atoms with van der Waals surface area (Å²) in [5.74, 6) is -1.15. The van der Waals surface area contributed by atoms with Crippen molar-refractivity contribution in [3.63, 3.8) is 0 Å². The Morgan fingerprint density at radius 1 is 1.19 bits per heavy atom. The van der Waals surface area contributed by atoms with Crippen molar-refractivity contribution >= 4 is 23.5 Å². The number of benzene rings is 1. The zero-order valence-electron chi connectivity index (χ0n) is 14.1. The number of aliphatic hydroxyl groups excluding tert-OH is 1. The lowest BCUT2D eigenvalue weighted by Gasteiger charge is -2.10. The summed E-state index contributed by atoms with van der Waals surface area (Å²) >= 11 is 0. The van der Waals surface area contributed by atoms with E-state index in [2.05, 4.69) is 14.7 Å². The quantitative estimate of drug-likeness (QED) is 0.356. The van der Waals surface area contributed by atoms with E-state index < -0.39 is 16.6 Å². The molecule has 1 heterocycles. The normalized spacial score (nSPS) is 11.0. The highest BCUT2D eigenvalue weighted by Gasteiger charge is 2.23. The minimum absolute atomic E-state index is 0.0364. The van der Waals surface area contributed by atoms with Crippen LogP contribution in [0.25, 0.3) is 11.8 Å². The van der Waals surface area contributed by atoms with Crippen LogP contribution in [0.15, 0.2) is 24.5 Å². The first-order chi connectivity index (χ1) is 12.4. The Balaban J connectivity index is 2.59. The van der Waals surface area contributed by atoms with Gasteiger partial charge >= 0.3 is 11.7 Å². The van der Waals surface area contributed by atoms with Gasteiger partial charge in [-0.25, -0.2) is 9.78 Å². The zero-order chi connectivity index (χ0) is 19.3. The number of carbonyl (C=O) groups excluding carboxylic acids is 1. The molecule has 26 heavy (non-hydrogen) atoms. The van der Waals surface area contributed by atoms with E-state index in [0.717, 1.165) is 12.1 Å². The molecule has 0 unspecified atom stereocenters. The molecule has 10 nitrogen and oxygen atoms in total. The summed E-state index contributed by atoms with van der Waals surface area (Å²) in [4.78, 5) is 30.1. The highest BCUT2D eigenvalue weighted by molar-refractivity contribution is 5.92. The number of nitrogens with zero attached hydrogens (tertiary/aromatic N) is 3. The standard InChI is InChI=1S/C16H15N3O7/c1-24-13-7-9(6-11(19(22)23)15(13)25-2)12(20)8-10-14(16(21)26-3)18-5-4-17-10/h4-8,20H,1-3H3. The number of aliphatic hydroxyl groups is 1. The predicted octanol–water partition coefficient (Wildman–Crippen LogP) is 2.24. The molecule has 0 aliphatic heterocycles. The molecule has 0 spiro atoms. The molecule has 0 amide bonds. The van der Waals surface area contributed by atoms with Crippen LogP contribution in [0.4, 0.5) is 5.69 Å². The fourth-order valence-electron chi connectivity index (χ4n) is 2.15. The number of hydrogen-bond donors (Lipinski definition) is 1. The number of rotatable bonds is 6. The van der Waals surface area contributed by atoms with Gasteiger partial charge in [0.15, 0.2) is 11.4 Å². The van der Waals surface area contributed by atoms with Crippen molar-refractivity contribution in [3.8, 4) is 11.5 Å². The van der Waals surface area contributed by atoms with Crippen LogP contribution < -0.4 is 9.47 Å². The van der Waals surface area contributed by atoms with Gasteiger partial charge in [-0.3, -0.25) is 15.1 Å². The lowest BCUT2D eigenvalue weighted by molar-refractivity contribution is -0.385. The molecule has 0 saturated carbocycles. The summed E-state index contributed by atoms with van der Waals surface area (Å²) in [6.07, 6.45) is 3.76. The van der Waals surface area contributed by atoms with Gasteiger partial charge in [-0.1, -0.05) is 0 Å². The fourth-order valence-corrected chi connectivity index (χ4v) is 2.15. The van der Waals surface area contributed by atoms with E-state index in [0.29, 0.717) is 0 Å². The Kier molecular flexibility index (Phi) is 5.68. The number of carbonyl (C=O) groups is 1. The molecule has 0 fully saturated rings. The number of nitro groups is 1. The first-order valence-electron chi connectivity index (χ1n) is 7.13. The maximum absolute atomic E-state index is 11.7. The smallest absolute Gasteiger partial charge is 0.358 e. The number of nitro benzene ring substituents is 1. The van der Waals surface area contributed by atoms with Crippen molar-refractivity contribution in [1.29, 1.82) is 0 Å². The molecule has 0 atom stereocenters. The topological polar surface area (TPSA) is 134 Å². The van der Waals surface area contributed by atoms with Gasteiger partial charge in [0.1, 0.15) is 5.76 Å². The lowest BCUT2D eigenvalue weighted by Crippen LogP contribution is -2.08. The van der Waals surface area contributed by atoms with Crippen LogP contribution in [0.5, 0.6) is 11.5 Å². The van der Waals surface area contributed by atoms with Crippen LogP contribution in [0, 0.1) is 10.1 Å². The second kappa shape index (κ2) is 7.92. The van der Waals surface area contributed by atoms with Gasteiger partial charge in [0, 0.05) is 30.1 Å². The maximum atomic E-state index is 11.7. The Morgan fingerprint density at radius 3 is 2.46 bits per heavy atom. The van der Waals surface area contributed by atoms with Crippen molar-refractivity contribution in [3.05, 3.63) is 51.6 Å². The van der Waals surface area contributed by atoms with E-state index >= 15 is 0 Å². The summed E-state index contributed by atoms with van der Waals surface area (Å²) < 4.78 is 14.7. The third-order valence-electron chi connectivity index (χ3n) is 3.33. The minimum atomic E-state index is -0.740. The molecule has 2 rings (SSSR count). The van der Waals surface area contributed by atoms with Gasteiger partial charge < -0.3 is 19.3 Å². The van der Waals surface area contributed by atoms with E-state index in [4.69, 9.17) is 9.47 Å². The number of esters is 1. The van der Waals surface area contributed by atoms with E-state index in [-0.39, 0.29) is 34.2 Å². The van der Waals surface area contributed by atoms with Crippen molar-refractivity contribution in [2.45, 2.75) is 0 Å². The molecule has 0 aliphatic carbocycles. The average Bonchev–Trinajstić information content (AvgIpc) is 2.66. The molecule has 0 radical (unpaired) electrons. The van der Waals surface area contributed by atoms with Crippen LogP contribution in [-0.4, -0.2) is 47.3 Å². The first kappa shape index (κ1) is 18.6. The molecule has 0 saturated heterocycles. The number of ether oxygens (including phenoxy) is 3. The summed E-state index contributed by atoms with van der Waals surface area (Å²) in [5, 5.41) is 21.6. The fraction of sp³-hybridized carbons (Fsp3) is 0.188. The van der Waals surface area contributed by atoms with E-state index in [1.54, 1.807) is 0 Å². The zero-order valence-corrected chi connectivity index (χ0v) is 14.1. The van der Waals surface area contributed by atoms with Gasteiger partial charge in [0.05, 0.1) is 31.9 Å². The number of hydrogen-bond acceptors (Lipinski definition) is 9. The molecule has 10 heteroatoms. The molecule has 136 valence electrons. The third kappa shape index (κ3) is 3.69. The van der Waals surface area contributed by atoms with E-state index in [1.807, 2.05) is 0 Å². The van der Waals surface area contributed by atoms with Crippen molar-refractivity contribution in [1.82, 2.24) is 9.97 Å².